The lowest BCUT2D eigenvalue weighted by Gasteiger charge is -2.25. The fourth-order valence-electron chi connectivity index (χ4n) is 1.90. The molecule has 20 heavy (non-hydrogen) atoms. The Hall–Kier alpha value is -1.31. The molecule has 114 valence electrons. The van der Waals surface area contributed by atoms with Crippen LogP contribution in [0.5, 0.6) is 0 Å². The van der Waals surface area contributed by atoms with Gasteiger partial charge in [0.2, 0.25) is 10.0 Å². The third kappa shape index (κ3) is 4.09. The van der Waals surface area contributed by atoms with Crippen LogP contribution in [-0.2, 0) is 10.0 Å². The van der Waals surface area contributed by atoms with E-state index in [0.29, 0.717) is 17.9 Å². The Morgan fingerprint density at radius 2 is 2.05 bits per heavy atom. The van der Waals surface area contributed by atoms with Gasteiger partial charge < -0.3 is 15.7 Å². The number of aliphatic hydroxyl groups is 1. The quantitative estimate of drug-likeness (QED) is 0.617. The monoisotopic (exact) mass is 301 g/mol. The molecule has 0 heterocycles. The number of nitrogen functional groups attached to an aromatic ring is 1. The molecule has 6 nitrogen and oxygen atoms in total. The number of benzene rings is 1. The number of nitrogens with zero attached hydrogens (tertiary/aromatic N) is 1. The van der Waals surface area contributed by atoms with Crippen LogP contribution in [0.3, 0.4) is 0 Å². The lowest BCUT2D eigenvalue weighted by atomic mass is 10.2. The summed E-state index contributed by atoms with van der Waals surface area (Å²) in [6, 6.07) is 4.60. The largest absolute Gasteiger partial charge is 0.397 e. The highest BCUT2D eigenvalue weighted by Gasteiger charge is 2.16. The first-order valence-electron chi connectivity index (χ1n) is 6.65. The summed E-state index contributed by atoms with van der Waals surface area (Å²) in [5.74, 6) is 0. The normalized spacial score (nSPS) is 11.6. The van der Waals surface area contributed by atoms with Gasteiger partial charge in [-0.25, -0.2) is 13.1 Å². The van der Waals surface area contributed by atoms with Gasteiger partial charge in [0.25, 0.3) is 0 Å². The molecule has 0 amide bonds. The molecule has 1 rings (SSSR count). The van der Waals surface area contributed by atoms with Gasteiger partial charge in [-0.05, 0) is 31.7 Å². The molecular weight excluding hydrogens is 278 g/mol. The molecule has 0 saturated heterocycles. The molecule has 1 aromatic carbocycles. The number of sulfonamides is 1. The highest BCUT2D eigenvalue weighted by Crippen LogP contribution is 2.26. The zero-order chi connectivity index (χ0) is 15.2. The molecule has 0 unspecified atom stereocenters. The van der Waals surface area contributed by atoms with Gasteiger partial charge in [-0.3, -0.25) is 0 Å². The summed E-state index contributed by atoms with van der Waals surface area (Å²) < 4.78 is 26.0. The zero-order valence-corrected chi connectivity index (χ0v) is 12.8. The Balaban J connectivity index is 3.16. The highest BCUT2D eigenvalue weighted by molar-refractivity contribution is 7.89. The maximum absolute atomic E-state index is 11.8. The second kappa shape index (κ2) is 7.47. The molecular formula is C13H23N3O3S. The average Bonchev–Trinajstić information content (AvgIpc) is 2.44. The van der Waals surface area contributed by atoms with E-state index in [-0.39, 0.29) is 11.5 Å². The maximum Gasteiger partial charge on any atom is 0.240 e. The van der Waals surface area contributed by atoms with Crippen molar-refractivity contribution in [2.24, 2.45) is 0 Å². The average molecular weight is 301 g/mol. The van der Waals surface area contributed by atoms with Gasteiger partial charge in [0.1, 0.15) is 0 Å². The molecule has 0 aliphatic heterocycles. The molecule has 4 N–H and O–H groups in total. The molecule has 0 aliphatic carbocycles. The van der Waals surface area contributed by atoms with Gasteiger partial charge in [-0.15, -0.1) is 0 Å². The lowest BCUT2D eigenvalue weighted by molar-refractivity contribution is 0.301. The first kappa shape index (κ1) is 16.7. The standard InChI is InChI=1S/C13H23N3O3S/c1-3-4-7-16(8-9-17)13-10-11(5-6-12(13)14)20(18,19)15-2/h5-6,10,15,17H,3-4,7-9,14H2,1-2H3. The number of unbranched alkanes of at least 4 members (excludes halogenated alkanes) is 1. The van der Waals surface area contributed by atoms with E-state index in [2.05, 4.69) is 11.6 Å². The second-order valence-corrected chi connectivity index (χ2v) is 6.38. The van der Waals surface area contributed by atoms with Crippen LogP contribution < -0.4 is 15.4 Å². The van der Waals surface area contributed by atoms with Crippen molar-refractivity contribution in [1.82, 2.24) is 4.72 Å². The molecule has 7 heteroatoms. The van der Waals surface area contributed by atoms with E-state index in [1.54, 1.807) is 12.1 Å². The van der Waals surface area contributed by atoms with Crippen LogP contribution >= 0.6 is 0 Å². The second-order valence-electron chi connectivity index (χ2n) is 4.49. The number of rotatable bonds is 8. The topological polar surface area (TPSA) is 95.7 Å². The number of anilines is 2. The SMILES string of the molecule is CCCCN(CCO)c1cc(S(=O)(=O)NC)ccc1N. The van der Waals surface area contributed by atoms with Gasteiger partial charge in [0.15, 0.2) is 0 Å². The molecule has 0 bridgehead atoms. The molecule has 0 saturated carbocycles. The molecule has 0 aromatic heterocycles. The summed E-state index contributed by atoms with van der Waals surface area (Å²) >= 11 is 0. The number of hydrogen-bond donors (Lipinski definition) is 3. The molecule has 0 aliphatic rings. The first-order chi connectivity index (χ1) is 9.46. The van der Waals surface area contributed by atoms with Crippen LogP contribution in [0.1, 0.15) is 19.8 Å². The van der Waals surface area contributed by atoms with E-state index >= 15 is 0 Å². The summed E-state index contributed by atoms with van der Waals surface area (Å²) in [6.45, 7) is 3.21. The smallest absolute Gasteiger partial charge is 0.240 e. The van der Waals surface area contributed by atoms with Crippen molar-refractivity contribution < 1.29 is 13.5 Å². The minimum atomic E-state index is -3.50. The van der Waals surface area contributed by atoms with Crippen LogP contribution in [0.4, 0.5) is 11.4 Å². The Kier molecular flexibility index (Phi) is 6.25. The lowest BCUT2D eigenvalue weighted by Crippen LogP contribution is -2.29. The van der Waals surface area contributed by atoms with E-state index in [4.69, 9.17) is 10.8 Å². The summed E-state index contributed by atoms with van der Waals surface area (Å²) in [4.78, 5) is 2.08. The number of hydrogen-bond acceptors (Lipinski definition) is 5. The summed E-state index contributed by atoms with van der Waals surface area (Å²) in [7, 11) is -2.13. The number of nitrogens with two attached hydrogens (primary N) is 1. The zero-order valence-electron chi connectivity index (χ0n) is 12.0. The molecule has 0 atom stereocenters. The van der Waals surface area contributed by atoms with Crippen LogP contribution in [0.25, 0.3) is 0 Å². The Morgan fingerprint density at radius 3 is 2.60 bits per heavy atom. The van der Waals surface area contributed by atoms with Crippen molar-refractivity contribution >= 4 is 21.4 Å². The number of nitrogens with one attached hydrogen (secondary N) is 1. The van der Waals surface area contributed by atoms with Crippen molar-refractivity contribution in [3.63, 3.8) is 0 Å². The van der Waals surface area contributed by atoms with Crippen molar-refractivity contribution in [2.75, 3.05) is 37.4 Å². The van der Waals surface area contributed by atoms with E-state index < -0.39 is 10.0 Å². The third-order valence-corrected chi connectivity index (χ3v) is 4.49. The Morgan fingerprint density at radius 1 is 1.35 bits per heavy atom. The highest BCUT2D eigenvalue weighted by atomic mass is 32.2. The van der Waals surface area contributed by atoms with Crippen molar-refractivity contribution in [3.8, 4) is 0 Å². The van der Waals surface area contributed by atoms with Gasteiger partial charge in [0, 0.05) is 13.1 Å². The van der Waals surface area contributed by atoms with E-state index in [1.807, 2.05) is 4.90 Å². The van der Waals surface area contributed by atoms with Crippen molar-refractivity contribution in [1.29, 1.82) is 0 Å². The van der Waals surface area contributed by atoms with Gasteiger partial charge in [-0.2, -0.15) is 0 Å². The van der Waals surface area contributed by atoms with Crippen LogP contribution in [0, 0.1) is 0 Å². The molecule has 0 spiro atoms. The Bertz CT molecular complexity index is 532. The van der Waals surface area contributed by atoms with E-state index in [1.165, 1.54) is 13.1 Å². The molecule has 0 radical (unpaired) electrons. The van der Waals surface area contributed by atoms with Crippen LogP contribution in [0.2, 0.25) is 0 Å². The van der Waals surface area contributed by atoms with Gasteiger partial charge in [-0.1, -0.05) is 13.3 Å². The minimum absolute atomic E-state index is 0.00778. The summed E-state index contributed by atoms with van der Waals surface area (Å²) in [5.41, 5.74) is 7.09. The van der Waals surface area contributed by atoms with Crippen LogP contribution in [0.15, 0.2) is 23.1 Å². The maximum atomic E-state index is 11.8. The minimum Gasteiger partial charge on any atom is -0.397 e. The van der Waals surface area contributed by atoms with E-state index in [0.717, 1.165) is 19.4 Å². The van der Waals surface area contributed by atoms with Crippen LogP contribution in [-0.4, -0.2) is 40.3 Å². The first-order valence-corrected chi connectivity index (χ1v) is 8.13. The van der Waals surface area contributed by atoms with Crippen molar-refractivity contribution in [3.05, 3.63) is 18.2 Å². The van der Waals surface area contributed by atoms with Crippen molar-refractivity contribution in [2.45, 2.75) is 24.7 Å². The molecule has 0 fully saturated rings. The fraction of sp³-hybridized carbons (Fsp3) is 0.538. The fourth-order valence-corrected chi connectivity index (χ4v) is 2.65. The van der Waals surface area contributed by atoms with Gasteiger partial charge >= 0.3 is 0 Å². The predicted molar refractivity (Wildman–Crippen MR) is 81.3 cm³/mol. The molecule has 1 aromatic rings. The summed E-state index contributed by atoms with van der Waals surface area (Å²) in [5, 5.41) is 9.15. The van der Waals surface area contributed by atoms with Gasteiger partial charge in [0.05, 0.1) is 22.9 Å². The van der Waals surface area contributed by atoms with E-state index in [9.17, 15) is 8.42 Å². The Labute approximate surface area is 120 Å². The summed E-state index contributed by atoms with van der Waals surface area (Å²) in [6.07, 6.45) is 1.96. The third-order valence-electron chi connectivity index (χ3n) is 3.07. The number of aliphatic hydroxyl groups excluding tert-OH is 1. The predicted octanol–water partition coefficient (Wildman–Crippen LogP) is 0.776.